The first-order valence-corrected chi connectivity index (χ1v) is 9.71. The van der Waals surface area contributed by atoms with Crippen LogP contribution in [0.5, 0.6) is 11.5 Å². The lowest BCUT2D eigenvalue weighted by Gasteiger charge is -2.23. The smallest absolute Gasteiger partial charge is 0.138 e. The van der Waals surface area contributed by atoms with Crippen LogP contribution in [0.25, 0.3) is 0 Å². The summed E-state index contributed by atoms with van der Waals surface area (Å²) in [5, 5.41) is 27.1. The fourth-order valence-corrected chi connectivity index (χ4v) is 2.65. The van der Waals surface area contributed by atoms with Crippen molar-refractivity contribution in [3.63, 3.8) is 0 Å². The van der Waals surface area contributed by atoms with E-state index >= 15 is 0 Å². The number of hydrogen-bond acceptors (Lipinski definition) is 5. The maximum Gasteiger partial charge on any atom is 0.138 e. The summed E-state index contributed by atoms with van der Waals surface area (Å²) < 4.78 is 5.83. The standard InChI is InChI=1S/C23H34N2O3/c1-22(2,3)25-15-21(27)17-9-12-20(26)19(13-17)24-14-16-7-10-18(11-8-16)28-23(4,5)6/h7-13,21,24-27H,14-15H2,1-6H3. The Bertz CT molecular complexity index is 759. The van der Waals surface area contributed by atoms with Crippen molar-refractivity contribution in [2.45, 2.75) is 65.3 Å². The number of ether oxygens (including phenoxy) is 1. The van der Waals surface area contributed by atoms with E-state index in [0.29, 0.717) is 18.8 Å². The van der Waals surface area contributed by atoms with Gasteiger partial charge in [-0.25, -0.2) is 0 Å². The molecule has 0 radical (unpaired) electrons. The highest BCUT2D eigenvalue weighted by atomic mass is 16.5. The van der Waals surface area contributed by atoms with Gasteiger partial charge in [0.2, 0.25) is 0 Å². The number of phenolic OH excluding ortho intramolecular Hbond substituents is 1. The highest BCUT2D eigenvalue weighted by molar-refractivity contribution is 5.58. The van der Waals surface area contributed by atoms with Crippen molar-refractivity contribution in [1.29, 1.82) is 0 Å². The third kappa shape index (κ3) is 7.41. The molecule has 0 bridgehead atoms. The first-order valence-electron chi connectivity index (χ1n) is 9.71. The zero-order valence-electron chi connectivity index (χ0n) is 17.8. The van der Waals surface area contributed by atoms with Crippen LogP contribution < -0.4 is 15.4 Å². The van der Waals surface area contributed by atoms with E-state index in [1.807, 2.05) is 45.0 Å². The highest BCUT2D eigenvalue weighted by Gasteiger charge is 2.15. The van der Waals surface area contributed by atoms with Crippen LogP contribution in [0.4, 0.5) is 5.69 Å². The van der Waals surface area contributed by atoms with E-state index in [9.17, 15) is 10.2 Å². The Morgan fingerprint density at radius 3 is 2.18 bits per heavy atom. The molecule has 4 N–H and O–H groups in total. The minimum atomic E-state index is -0.644. The van der Waals surface area contributed by atoms with Crippen molar-refractivity contribution in [2.75, 3.05) is 11.9 Å². The van der Waals surface area contributed by atoms with Gasteiger partial charge in [-0.15, -0.1) is 0 Å². The zero-order chi connectivity index (χ0) is 20.9. The number of hydrogen-bond donors (Lipinski definition) is 4. The number of β-amino-alcohol motifs (C(OH)–C–C–N with tert-alkyl or cyclic N) is 1. The minimum Gasteiger partial charge on any atom is -0.506 e. The van der Waals surface area contributed by atoms with Crippen LogP contribution in [0.2, 0.25) is 0 Å². The summed E-state index contributed by atoms with van der Waals surface area (Å²) in [6.07, 6.45) is -0.644. The second kappa shape index (κ2) is 8.84. The molecule has 2 aromatic carbocycles. The lowest BCUT2D eigenvalue weighted by atomic mass is 10.1. The largest absolute Gasteiger partial charge is 0.506 e. The van der Waals surface area contributed by atoms with E-state index in [1.165, 1.54) is 0 Å². The molecule has 0 amide bonds. The molecule has 2 rings (SSSR count). The van der Waals surface area contributed by atoms with E-state index in [0.717, 1.165) is 16.9 Å². The normalized spacial score (nSPS) is 13.2. The van der Waals surface area contributed by atoms with Gasteiger partial charge in [0, 0.05) is 18.6 Å². The van der Waals surface area contributed by atoms with Gasteiger partial charge in [0.1, 0.15) is 17.1 Å². The Morgan fingerprint density at radius 2 is 1.61 bits per heavy atom. The van der Waals surface area contributed by atoms with E-state index in [4.69, 9.17) is 4.74 Å². The fourth-order valence-electron chi connectivity index (χ4n) is 2.65. The van der Waals surface area contributed by atoms with Gasteiger partial charge in [-0.2, -0.15) is 0 Å². The van der Waals surface area contributed by atoms with Gasteiger partial charge in [-0.05, 0) is 76.9 Å². The number of anilines is 1. The average molecular weight is 387 g/mol. The molecule has 0 saturated carbocycles. The predicted molar refractivity (Wildman–Crippen MR) is 115 cm³/mol. The molecule has 28 heavy (non-hydrogen) atoms. The second-order valence-electron chi connectivity index (χ2n) is 9.14. The van der Waals surface area contributed by atoms with E-state index in [-0.39, 0.29) is 16.9 Å². The minimum absolute atomic E-state index is 0.0676. The molecular weight excluding hydrogens is 352 g/mol. The summed E-state index contributed by atoms with van der Waals surface area (Å²) >= 11 is 0. The molecule has 0 heterocycles. The number of benzene rings is 2. The van der Waals surface area contributed by atoms with Gasteiger partial charge < -0.3 is 25.6 Å². The van der Waals surface area contributed by atoms with E-state index in [2.05, 4.69) is 31.4 Å². The van der Waals surface area contributed by atoms with Crippen molar-refractivity contribution in [1.82, 2.24) is 5.32 Å². The molecule has 2 aromatic rings. The van der Waals surface area contributed by atoms with Crippen LogP contribution in [0.3, 0.4) is 0 Å². The third-order valence-electron chi connectivity index (χ3n) is 4.06. The Morgan fingerprint density at radius 1 is 0.964 bits per heavy atom. The van der Waals surface area contributed by atoms with Crippen LogP contribution in [-0.4, -0.2) is 27.9 Å². The monoisotopic (exact) mass is 386 g/mol. The van der Waals surface area contributed by atoms with Gasteiger partial charge in [-0.1, -0.05) is 18.2 Å². The number of nitrogens with one attached hydrogen (secondary N) is 2. The lowest BCUT2D eigenvalue weighted by molar-refractivity contribution is 0.131. The summed E-state index contributed by atoms with van der Waals surface area (Å²) in [6.45, 7) is 13.2. The molecule has 0 aliphatic rings. The molecule has 0 aliphatic carbocycles. The van der Waals surface area contributed by atoms with Crippen molar-refractivity contribution in [3.8, 4) is 11.5 Å². The zero-order valence-corrected chi connectivity index (χ0v) is 17.8. The Kier molecular flexibility index (Phi) is 6.96. The molecule has 0 aromatic heterocycles. The fraction of sp³-hybridized carbons (Fsp3) is 0.478. The summed E-state index contributed by atoms with van der Waals surface area (Å²) in [4.78, 5) is 0. The first-order chi connectivity index (χ1) is 12.9. The van der Waals surface area contributed by atoms with Gasteiger partial charge >= 0.3 is 0 Å². The number of aromatic hydroxyl groups is 1. The van der Waals surface area contributed by atoms with Crippen molar-refractivity contribution >= 4 is 5.69 Å². The summed E-state index contributed by atoms with van der Waals surface area (Å²) in [5.74, 6) is 0.989. The number of phenols is 1. The average Bonchev–Trinajstić information content (AvgIpc) is 2.58. The maximum absolute atomic E-state index is 10.4. The van der Waals surface area contributed by atoms with Crippen molar-refractivity contribution in [2.24, 2.45) is 0 Å². The summed E-state index contributed by atoms with van der Waals surface area (Å²) in [5.41, 5.74) is 2.13. The molecule has 0 spiro atoms. The van der Waals surface area contributed by atoms with Crippen molar-refractivity contribution in [3.05, 3.63) is 53.6 Å². The van der Waals surface area contributed by atoms with E-state index < -0.39 is 6.10 Å². The van der Waals surface area contributed by atoms with Crippen LogP contribution in [-0.2, 0) is 6.54 Å². The molecular formula is C23H34N2O3. The molecule has 0 fully saturated rings. The Labute approximate surface area is 168 Å². The van der Waals surface area contributed by atoms with Gasteiger partial charge in [0.25, 0.3) is 0 Å². The third-order valence-corrected chi connectivity index (χ3v) is 4.06. The quantitative estimate of drug-likeness (QED) is 0.523. The van der Waals surface area contributed by atoms with Crippen LogP contribution >= 0.6 is 0 Å². The summed E-state index contributed by atoms with van der Waals surface area (Å²) in [7, 11) is 0. The Balaban J connectivity index is 2.00. The van der Waals surface area contributed by atoms with Gasteiger partial charge in [-0.3, -0.25) is 0 Å². The topological polar surface area (TPSA) is 73.8 Å². The van der Waals surface area contributed by atoms with Gasteiger partial charge in [0.05, 0.1) is 11.8 Å². The molecule has 5 nitrogen and oxygen atoms in total. The number of rotatable bonds is 7. The predicted octanol–water partition coefficient (Wildman–Crippen LogP) is 4.60. The van der Waals surface area contributed by atoms with Crippen LogP contribution in [0, 0.1) is 0 Å². The Hall–Kier alpha value is -2.24. The summed E-state index contributed by atoms with van der Waals surface area (Å²) in [6, 6.07) is 13.0. The van der Waals surface area contributed by atoms with E-state index in [1.54, 1.807) is 18.2 Å². The maximum atomic E-state index is 10.4. The van der Waals surface area contributed by atoms with Crippen molar-refractivity contribution < 1.29 is 14.9 Å². The molecule has 5 heteroatoms. The lowest BCUT2D eigenvalue weighted by Crippen LogP contribution is -2.38. The molecule has 1 atom stereocenters. The second-order valence-corrected chi connectivity index (χ2v) is 9.14. The molecule has 0 saturated heterocycles. The van der Waals surface area contributed by atoms with Crippen LogP contribution in [0.1, 0.15) is 58.8 Å². The first kappa shape index (κ1) is 22.1. The van der Waals surface area contributed by atoms with Crippen LogP contribution in [0.15, 0.2) is 42.5 Å². The SMILES string of the molecule is CC(C)(C)NCC(O)c1ccc(O)c(NCc2ccc(OC(C)(C)C)cc2)c1. The number of aliphatic hydroxyl groups is 1. The highest BCUT2D eigenvalue weighted by Crippen LogP contribution is 2.28. The molecule has 0 aliphatic heterocycles. The van der Waals surface area contributed by atoms with Gasteiger partial charge in [0.15, 0.2) is 0 Å². The number of aliphatic hydroxyl groups excluding tert-OH is 1. The molecule has 154 valence electrons. The molecule has 1 unspecified atom stereocenters.